The lowest BCUT2D eigenvalue weighted by Crippen LogP contribution is -2.15. The first-order chi connectivity index (χ1) is 8.97. The second-order valence-corrected chi connectivity index (χ2v) is 4.50. The van der Waals surface area contributed by atoms with E-state index in [0.29, 0.717) is 0 Å². The minimum absolute atomic E-state index is 0.127. The summed E-state index contributed by atoms with van der Waals surface area (Å²) in [6.07, 6.45) is 0. The third-order valence-electron chi connectivity index (χ3n) is 2.89. The lowest BCUT2D eigenvalue weighted by atomic mass is 10.1. The van der Waals surface area contributed by atoms with Crippen LogP contribution in [0.15, 0.2) is 36.4 Å². The molecule has 3 N–H and O–H groups in total. The Morgan fingerprint density at radius 3 is 2.53 bits per heavy atom. The maximum absolute atomic E-state index is 12.9. The molecule has 3 nitrogen and oxygen atoms in total. The van der Waals surface area contributed by atoms with E-state index in [1.54, 1.807) is 0 Å². The van der Waals surface area contributed by atoms with E-state index in [-0.39, 0.29) is 17.2 Å². The van der Waals surface area contributed by atoms with Crippen LogP contribution >= 0.6 is 0 Å². The number of nitrogens with two attached hydrogens (primary N) is 1. The van der Waals surface area contributed by atoms with Crippen LogP contribution in [-0.2, 0) is 0 Å². The fourth-order valence-corrected chi connectivity index (χ4v) is 1.88. The fourth-order valence-electron chi connectivity index (χ4n) is 1.88. The number of amides is 1. The first-order valence-electron chi connectivity index (χ1n) is 5.91. The van der Waals surface area contributed by atoms with E-state index >= 15 is 0 Å². The van der Waals surface area contributed by atoms with Gasteiger partial charge < -0.3 is 11.1 Å². The van der Waals surface area contributed by atoms with Crippen molar-refractivity contribution in [2.45, 2.75) is 13.8 Å². The third-order valence-corrected chi connectivity index (χ3v) is 2.89. The average Bonchev–Trinajstić information content (AvgIpc) is 2.32. The molecule has 98 valence electrons. The van der Waals surface area contributed by atoms with Gasteiger partial charge in [0.15, 0.2) is 0 Å². The van der Waals surface area contributed by atoms with Gasteiger partial charge >= 0.3 is 0 Å². The lowest BCUT2D eigenvalue weighted by molar-refractivity contribution is 0.102. The Balaban J connectivity index is 2.25. The molecule has 0 fully saturated rings. The SMILES string of the molecule is Cc1ccc(NC(=O)c2ccc(F)cc2N)c(C)c1. The number of halogens is 1. The van der Waals surface area contributed by atoms with E-state index in [0.717, 1.165) is 22.9 Å². The molecule has 0 saturated heterocycles. The molecule has 2 rings (SSSR count). The summed E-state index contributed by atoms with van der Waals surface area (Å²) >= 11 is 0. The van der Waals surface area contributed by atoms with Crippen LogP contribution in [0.5, 0.6) is 0 Å². The molecule has 0 spiro atoms. The van der Waals surface area contributed by atoms with Crippen LogP contribution < -0.4 is 11.1 Å². The van der Waals surface area contributed by atoms with Gasteiger partial charge in [0, 0.05) is 11.4 Å². The summed E-state index contributed by atoms with van der Waals surface area (Å²) in [7, 11) is 0. The molecule has 2 aromatic carbocycles. The number of rotatable bonds is 2. The molecule has 0 aliphatic heterocycles. The summed E-state index contributed by atoms with van der Waals surface area (Å²) in [5.74, 6) is -0.801. The zero-order valence-corrected chi connectivity index (χ0v) is 10.8. The van der Waals surface area contributed by atoms with E-state index in [1.807, 2.05) is 32.0 Å². The summed E-state index contributed by atoms with van der Waals surface area (Å²) in [6, 6.07) is 9.45. The summed E-state index contributed by atoms with van der Waals surface area (Å²) in [5, 5.41) is 2.77. The van der Waals surface area contributed by atoms with E-state index in [9.17, 15) is 9.18 Å². The zero-order chi connectivity index (χ0) is 14.0. The number of carbonyl (C=O) groups excluding carboxylic acids is 1. The first kappa shape index (κ1) is 13.1. The summed E-state index contributed by atoms with van der Waals surface area (Å²) in [5.41, 5.74) is 8.84. The largest absolute Gasteiger partial charge is 0.398 e. The summed E-state index contributed by atoms with van der Waals surface area (Å²) in [6.45, 7) is 3.90. The first-order valence-corrected chi connectivity index (χ1v) is 5.91. The number of aryl methyl sites for hydroxylation is 2. The van der Waals surface area contributed by atoms with Gasteiger partial charge in [0.25, 0.3) is 5.91 Å². The van der Waals surface area contributed by atoms with Crippen molar-refractivity contribution >= 4 is 17.3 Å². The van der Waals surface area contributed by atoms with Gasteiger partial charge in [-0.15, -0.1) is 0 Å². The van der Waals surface area contributed by atoms with Crippen LogP contribution in [0.1, 0.15) is 21.5 Å². The molecule has 1 amide bonds. The molecule has 0 aliphatic carbocycles. The quantitative estimate of drug-likeness (QED) is 0.812. The molecule has 0 bridgehead atoms. The minimum Gasteiger partial charge on any atom is -0.398 e. The predicted octanol–water partition coefficient (Wildman–Crippen LogP) is 3.28. The van der Waals surface area contributed by atoms with Crippen molar-refractivity contribution in [1.82, 2.24) is 0 Å². The van der Waals surface area contributed by atoms with Crippen molar-refractivity contribution in [2.24, 2.45) is 0 Å². The van der Waals surface area contributed by atoms with E-state index < -0.39 is 5.82 Å². The second-order valence-electron chi connectivity index (χ2n) is 4.50. The average molecular weight is 258 g/mol. The van der Waals surface area contributed by atoms with Crippen molar-refractivity contribution in [3.8, 4) is 0 Å². The van der Waals surface area contributed by atoms with Gasteiger partial charge in [0.1, 0.15) is 5.82 Å². The standard InChI is InChI=1S/C15H15FN2O/c1-9-3-6-14(10(2)7-9)18-15(19)12-5-4-11(16)8-13(12)17/h3-8H,17H2,1-2H3,(H,18,19). The van der Waals surface area contributed by atoms with Crippen LogP contribution in [0.4, 0.5) is 15.8 Å². The number of hydrogen-bond acceptors (Lipinski definition) is 2. The van der Waals surface area contributed by atoms with Gasteiger partial charge in [0.05, 0.1) is 5.56 Å². The molecule has 2 aromatic rings. The zero-order valence-electron chi connectivity index (χ0n) is 10.8. The van der Waals surface area contributed by atoms with Crippen LogP contribution in [0.2, 0.25) is 0 Å². The molecule has 0 aliphatic rings. The van der Waals surface area contributed by atoms with Crippen LogP contribution in [-0.4, -0.2) is 5.91 Å². The number of nitrogen functional groups attached to an aromatic ring is 1. The van der Waals surface area contributed by atoms with Crippen LogP contribution in [0, 0.1) is 19.7 Å². The molecule has 0 saturated carbocycles. The van der Waals surface area contributed by atoms with Crippen LogP contribution in [0.25, 0.3) is 0 Å². The van der Waals surface area contributed by atoms with E-state index in [4.69, 9.17) is 5.73 Å². The van der Waals surface area contributed by atoms with Gasteiger partial charge in [-0.25, -0.2) is 4.39 Å². The molecular formula is C15H15FN2O. The van der Waals surface area contributed by atoms with Gasteiger partial charge in [-0.3, -0.25) is 4.79 Å². The Morgan fingerprint density at radius 1 is 1.16 bits per heavy atom. The monoisotopic (exact) mass is 258 g/mol. The van der Waals surface area contributed by atoms with Crippen molar-refractivity contribution in [3.05, 3.63) is 58.9 Å². The fraction of sp³-hybridized carbons (Fsp3) is 0.133. The highest BCUT2D eigenvalue weighted by Crippen LogP contribution is 2.19. The molecule has 0 heterocycles. The third kappa shape index (κ3) is 2.91. The Labute approximate surface area is 111 Å². The van der Waals surface area contributed by atoms with Gasteiger partial charge in [-0.2, -0.15) is 0 Å². The maximum atomic E-state index is 12.9. The smallest absolute Gasteiger partial charge is 0.257 e. The van der Waals surface area contributed by atoms with Crippen LogP contribution in [0.3, 0.4) is 0 Å². The van der Waals surface area contributed by atoms with Gasteiger partial charge in [-0.1, -0.05) is 17.7 Å². The topological polar surface area (TPSA) is 55.1 Å². The number of carbonyl (C=O) groups is 1. The van der Waals surface area contributed by atoms with Crippen molar-refractivity contribution in [2.75, 3.05) is 11.1 Å². The number of benzene rings is 2. The van der Waals surface area contributed by atoms with Crippen molar-refractivity contribution in [3.63, 3.8) is 0 Å². The number of anilines is 2. The highest BCUT2D eigenvalue weighted by molar-refractivity contribution is 6.08. The molecule has 0 aromatic heterocycles. The highest BCUT2D eigenvalue weighted by atomic mass is 19.1. The number of hydrogen-bond donors (Lipinski definition) is 2. The van der Waals surface area contributed by atoms with E-state index in [2.05, 4.69) is 5.32 Å². The minimum atomic E-state index is -0.458. The second kappa shape index (κ2) is 5.10. The molecule has 0 radical (unpaired) electrons. The Kier molecular flexibility index (Phi) is 3.51. The predicted molar refractivity (Wildman–Crippen MR) is 74.7 cm³/mol. The molecule has 19 heavy (non-hydrogen) atoms. The van der Waals surface area contributed by atoms with Crippen molar-refractivity contribution < 1.29 is 9.18 Å². The Hall–Kier alpha value is -2.36. The highest BCUT2D eigenvalue weighted by Gasteiger charge is 2.11. The molecule has 4 heteroatoms. The summed E-state index contributed by atoms with van der Waals surface area (Å²) < 4.78 is 12.9. The summed E-state index contributed by atoms with van der Waals surface area (Å²) in [4.78, 5) is 12.1. The lowest BCUT2D eigenvalue weighted by Gasteiger charge is -2.10. The van der Waals surface area contributed by atoms with Gasteiger partial charge in [-0.05, 0) is 43.7 Å². The Morgan fingerprint density at radius 2 is 1.89 bits per heavy atom. The van der Waals surface area contributed by atoms with Crippen molar-refractivity contribution in [1.29, 1.82) is 0 Å². The molecular weight excluding hydrogens is 243 g/mol. The number of nitrogens with one attached hydrogen (secondary N) is 1. The van der Waals surface area contributed by atoms with Gasteiger partial charge in [0.2, 0.25) is 0 Å². The normalized spacial score (nSPS) is 10.3. The maximum Gasteiger partial charge on any atom is 0.257 e. The molecule has 0 unspecified atom stereocenters. The Bertz CT molecular complexity index is 638. The molecule has 0 atom stereocenters. The van der Waals surface area contributed by atoms with E-state index in [1.165, 1.54) is 12.1 Å².